The third-order valence-corrected chi connectivity index (χ3v) is 10.7. The second kappa shape index (κ2) is 15.0. The molecule has 268 valence electrons. The van der Waals surface area contributed by atoms with Crippen molar-refractivity contribution in [2.24, 2.45) is 0 Å². The third-order valence-electron chi connectivity index (χ3n) is 10.7. The molecule has 0 aliphatic rings. The van der Waals surface area contributed by atoms with Gasteiger partial charge in [0.1, 0.15) is 0 Å². The zero-order chi connectivity index (χ0) is 41.5. The molecule has 0 aliphatic carbocycles. The third kappa shape index (κ3) is 6.66. The molecule has 0 amide bonds. The highest BCUT2D eigenvalue weighted by atomic mass is 15.1. The smallest absolute Gasteiger partial charge is 0.0645 e. The van der Waals surface area contributed by atoms with Crippen molar-refractivity contribution < 1.29 is 5.48 Å². The van der Waals surface area contributed by atoms with Crippen molar-refractivity contribution in [3.05, 3.63) is 236 Å². The zero-order valence-corrected chi connectivity index (χ0v) is 31.2. The molecule has 57 heavy (non-hydrogen) atoms. The van der Waals surface area contributed by atoms with Crippen molar-refractivity contribution in [2.75, 3.05) is 4.90 Å². The summed E-state index contributed by atoms with van der Waals surface area (Å²) >= 11 is 0. The molecule has 0 aliphatic heterocycles. The van der Waals surface area contributed by atoms with Crippen LogP contribution in [0.4, 0.5) is 17.1 Å². The van der Waals surface area contributed by atoms with Gasteiger partial charge in [0.2, 0.25) is 0 Å². The van der Waals surface area contributed by atoms with Crippen LogP contribution in [0.25, 0.3) is 77.2 Å². The first-order valence-electron chi connectivity index (χ1n) is 21.3. The predicted molar refractivity (Wildman–Crippen MR) is 243 cm³/mol. The van der Waals surface area contributed by atoms with E-state index in [4.69, 9.17) is 0 Å². The molecular weight excluding hydrogens is 687 g/mol. The van der Waals surface area contributed by atoms with Gasteiger partial charge in [-0.2, -0.15) is 0 Å². The molecule has 1 heteroatoms. The second-order valence-corrected chi connectivity index (χ2v) is 14.2. The molecule has 0 saturated carbocycles. The van der Waals surface area contributed by atoms with Gasteiger partial charge in [0, 0.05) is 17.1 Å². The van der Waals surface area contributed by atoms with E-state index in [0.29, 0.717) is 16.9 Å². The Morgan fingerprint density at radius 1 is 0.281 bits per heavy atom. The fraction of sp³-hybridized carbons (Fsp3) is 0. The van der Waals surface area contributed by atoms with E-state index in [0.717, 1.165) is 60.7 Å². The summed E-state index contributed by atoms with van der Waals surface area (Å²) in [5.41, 5.74) is 10.9. The summed E-state index contributed by atoms with van der Waals surface area (Å²) in [5, 5.41) is 4.58. The summed E-state index contributed by atoms with van der Waals surface area (Å²) in [6, 6.07) is 71.4. The number of nitrogens with zero attached hydrogens (tertiary/aromatic N) is 1. The Morgan fingerprint density at radius 3 is 1.60 bits per heavy atom. The molecular formula is C56H39N. The first-order chi connectivity index (χ1) is 29.9. The van der Waals surface area contributed by atoms with Gasteiger partial charge in [-0.15, -0.1) is 0 Å². The maximum Gasteiger partial charge on any atom is 0.0645 e. The number of fused-ring (bicyclic) bond motifs is 2. The van der Waals surface area contributed by atoms with Gasteiger partial charge in [-0.25, -0.2) is 0 Å². The molecule has 1 nitrogen and oxygen atoms in total. The quantitative estimate of drug-likeness (QED) is 0.151. The predicted octanol–water partition coefficient (Wildman–Crippen LogP) is 15.8. The molecule has 0 spiro atoms. The maximum atomic E-state index is 9.64. The molecule has 0 radical (unpaired) electrons. The van der Waals surface area contributed by atoms with Gasteiger partial charge in [0.05, 0.1) is 5.48 Å². The summed E-state index contributed by atoms with van der Waals surface area (Å²) in [7, 11) is 0. The summed E-state index contributed by atoms with van der Waals surface area (Å²) < 4.78 is 38.2. The van der Waals surface area contributed by atoms with Gasteiger partial charge in [-0.1, -0.05) is 194 Å². The topological polar surface area (TPSA) is 3.24 Å². The Hall–Kier alpha value is -7.48. The van der Waals surface area contributed by atoms with Crippen molar-refractivity contribution in [3.63, 3.8) is 0 Å². The van der Waals surface area contributed by atoms with Crippen molar-refractivity contribution in [1.29, 1.82) is 0 Å². The highest BCUT2D eigenvalue weighted by Gasteiger charge is 2.17. The molecule has 0 aromatic heterocycles. The first-order valence-corrected chi connectivity index (χ1v) is 19.3. The minimum Gasteiger partial charge on any atom is -0.310 e. The minimum atomic E-state index is -0.123. The van der Waals surface area contributed by atoms with Gasteiger partial charge >= 0.3 is 0 Å². The van der Waals surface area contributed by atoms with Gasteiger partial charge < -0.3 is 4.90 Å². The van der Waals surface area contributed by atoms with E-state index in [9.17, 15) is 5.48 Å². The van der Waals surface area contributed by atoms with E-state index in [-0.39, 0.29) is 35.4 Å². The van der Waals surface area contributed by atoms with Gasteiger partial charge in [0.15, 0.2) is 0 Å². The maximum absolute atomic E-state index is 9.64. The van der Waals surface area contributed by atoms with E-state index in [1.807, 2.05) is 102 Å². The van der Waals surface area contributed by atoms with Crippen molar-refractivity contribution in [3.8, 4) is 55.6 Å². The fourth-order valence-corrected chi connectivity index (χ4v) is 7.96. The molecule has 0 atom stereocenters. The van der Waals surface area contributed by atoms with E-state index >= 15 is 0 Å². The van der Waals surface area contributed by atoms with Crippen LogP contribution in [0, 0.1) is 0 Å². The first kappa shape index (κ1) is 29.8. The van der Waals surface area contributed by atoms with Gasteiger partial charge in [-0.05, 0) is 120 Å². The number of hydrogen-bond acceptors (Lipinski definition) is 1. The second-order valence-electron chi connectivity index (χ2n) is 14.2. The van der Waals surface area contributed by atoms with Gasteiger partial charge in [-0.3, -0.25) is 0 Å². The SMILES string of the molecule is [2H]c1c([2H])c(N(c2ccc(-c3ccc4ccccc4c3-c3ccccc3)cc2)c2cccc(-c3cccc4ccccc34)c2)c([2H])c([2H])c1-c1cccc(-c2ccccc2)c1. The Morgan fingerprint density at radius 2 is 0.842 bits per heavy atom. The van der Waals surface area contributed by atoms with Gasteiger partial charge in [0.25, 0.3) is 0 Å². The number of rotatable bonds is 8. The standard InChI is InChI=1S/C56H39N/c1-3-14-40(15-4-1)46-21-11-22-47(38-46)41-28-33-49(34-29-41)57(51-24-12-23-48(39-51)53-27-13-20-42-16-7-9-25-52(42)53)50-35-30-44(31-36-50)55-37-32-43-17-8-10-26-54(43)56(55)45-18-5-2-6-19-45/h1-39H/i28D,29D,33D,34D. The van der Waals surface area contributed by atoms with Crippen LogP contribution in [-0.4, -0.2) is 0 Å². The summed E-state index contributed by atoms with van der Waals surface area (Å²) in [4.78, 5) is 1.88. The molecule has 0 heterocycles. The molecule has 10 aromatic carbocycles. The Labute approximate surface area is 340 Å². The minimum absolute atomic E-state index is 0.100. The van der Waals surface area contributed by atoms with Crippen LogP contribution >= 0.6 is 0 Å². The molecule has 10 rings (SSSR count). The van der Waals surface area contributed by atoms with Crippen LogP contribution < -0.4 is 4.90 Å². The number of benzene rings is 10. The van der Waals surface area contributed by atoms with Crippen LogP contribution in [0.15, 0.2) is 236 Å². The summed E-state index contributed by atoms with van der Waals surface area (Å²) in [6.45, 7) is 0. The monoisotopic (exact) mass is 729 g/mol. The van der Waals surface area contributed by atoms with Crippen LogP contribution in [0.1, 0.15) is 5.48 Å². The number of anilines is 3. The van der Waals surface area contributed by atoms with E-state index in [1.165, 1.54) is 5.39 Å². The average Bonchev–Trinajstić information content (AvgIpc) is 3.32. The van der Waals surface area contributed by atoms with E-state index < -0.39 is 0 Å². The van der Waals surface area contributed by atoms with Crippen LogP contribution in [-0.2, 0) is 0 Å². The lowest BCUT2D eigenvalue weighted by Crippen LogP contribution is -2.10. The Bertz CT molecular complexity index is 3200. The zero-order valence-electron chi connectivity index (χ0n) is 35.2. The highest BCUT2D eigenvalue weighted by Crippen LogP contribution is 2.42. The number of hydrogen-bond donors (Lipinski definition) is 0. The lowest BCUT2D eigenvalue weighted by molar-refractivity contribution is 1.28. The fourth-order valence-electron chi connectivity index (χ4n) is 7.96. The molecule has 0 saturated heterocycles. The summed E-state index contributed by atoms with van der Waals surface area (Å²) in [6.07, 6.45) is 0. The molecule has 0 fully saturated rings. The molecule has 10 aromatic rings. The van der Waals surface area contributed by atoms with Crippen LogP contribution in [0.2, 0.25) is 0 Å². The average molecular weight is 730 g/mol. The van der Waals surface area contributed by atoms with E-state index in [1.54, 1.807) is 0 Å². The van der Waals surface area contributed by atoms with Crippen LogP contribution in [0.3, 0.4) is 0 Å². The molecule has 0 N–H and O–H groups in total. The van der Waals surface area contributed by atoms with Crippen molar-refractivity contribution in [2.45, 2.75) is 0 Å². The summed E-state index contributed by atoms with van der Waals surface area (Å²) in [5.74, 6) is 0. The normalized spacial score (nSPS) is 12.1. The van der Waals surface area contributed by atoms with Crippen LogP contribution in [0.5, 0.6) is 0 Å². The largest absolute Gasteiger partial charge is 0.310 e. The Kier molecular flexibility index (Phi) is 7.84. The van der Waals surface area contributed by atoms with E-state index in [2.05, 4.69) is 115 Å². The lowest BCUT2D eigenvalue weighted by Gasteiger charge is -2.27. The lowest BCUT2D eigenvalue weighted by atomic mass is 9.90. The van der Waals surface area contributed by atoms with Crippen molar-refractivity contribution >= 4 is 38.6 Å². The Balaban J connectivity index is 1.15. The molecule has 0 bridgehead atoms. The molecule has 0 unspecified atom stereocenters. The van der Waals surface area contributed by atoms with Crippen molar-refractivity contribution in [1.82, 2.24) is 0 Å². The highest BCUT2D eigenvalue weighted by molar-refractivity contribution is 6.04.